The number of rotatable bonds is 4. The van der Waals surface area contributed by atoms with Crippen molar-refractivity contribution in [1.29, 1.82) is 0 Å². The molecule has 2 aromatic carbocycles. The Morgan fingerprint density at radius 3 is 2.81 bits per heavy atom. The molecular formula is C22H25N3O2. The maximum absolute atomic E-state index is 13.0. The van der Waals surface area contributed by atoms with Crippen molar-refractivity contribution < 1.29 is 9.90 Å². The quantitative estimate of drug-likeness (QED) is 0.775. The number of hydrogen-bond acceptors (Lipinski definition) is 3. The normalized spacial score (nSPS) is 20.1. The van der Waals surface area contributed by atoms with Gasteiger partial charge in [0.15, 0.2) is 0 Å². The predicted molar refractivity (Wildman–Crippen MR) is 105 cm³/mol. The molecule has 5 heteroatoms. The third-order valence-corrected chi connectivity index (χ3v) is 5.70. The molecule has 1 N–H and O–H groups in total. The third kappa shape index (κ3) is 3.35. The van der Waals surface area contributed by atoms with Gasteiger partial charge in [0.05, 0.1) is 24.0 Å². The molecule has 0 aliphatic carbocycles. The molecule has 1 aromatic heterocycles. The Labute approximate surface area is 159 Å². The van der Waals surface area contributed by atoms with Crippen molar-refractivity contribution >= 4 is 16.9 Å². The van der Waals surface area contributed by atoms with E-state index < -0.39 is 0 Å². The molecule has 0 spiro atoms. The minimum Gasteiger partial charge on any atom is -0.395 e. The van der Waals surface area contributed by atoms with Crippen molar-refractivity contribution in [2.75, 3.05) is 19.7 Å². The molecule has 1 saturated heterocycles. The van der Waals surface area contributed by atoms with Gasteiger partial charge in [-0.15, -0.1) is 0 Å². The number of carbonyl (C=O) groups excluding carboxylic acids is 1. The second-order valence-corrected chi connectivity index (χ2v) is 7.59. The van der Waals surface area contributed by atoms with Crippen LogP contribution in [-0.2, 0) is 16.8 Å². The topological polar surface area (TPSA) is 58.4 Å². The Bertz CT molecular complexity index is 951. The summed E-state index contributed by atoms with van der Waals surface area (Å²) < 4.78 is 1.92. The monoisotopic (exact) mass is 363 g/mol. The summed E-state index contributed by atoms with van der Waals surface area (Å²) >= 11 is 0. The van der Waals surface area contributed by atoms with Gasteiger partial charge in [0, 0.05) is 18.5 Å². The van der Waals surface area contributed by atoms with E-state index in [-0.39, 0.29) is 24.5 Å². The first-order chi connectivity index (χ1) is 13.1. The number of amides is 1. The smallest absolute Gasteiger partial charge is 0.242 e. The van der Waals surface area contributed by atoms with Crippen LogP contribution < -0.4 is 0 Å². The first-order valence-electron chi connectivity index (χ1n) is 9.47. The summed E-state index contributed by atoms with van der Waals surface area (Å²) in [5.41, 5.74) is 3.77. The number of aliphatic hydroxyl groups excluding tert-OH is 1. The molecular weight excluding hydrogens is 338 g/mol. The number of benzene rings is 2. The minimum absolute atomic E-state index is 0.0496. The Morgan fingerprint density at radius 2 is 2.04 bits per heavy atom. The predicted octanol–water partition coefficient (Wildman–Crippen LogP) is 2.90. The van der Waals surface area contributed by atoms with Crippen molar-refractivity contribution in [2.45, 2.75) is 31.7 Å². The summed E-state index contributed by atoms with van der Waals surface area (Å²) in [7, 11) is 0. The molecule has 27 heavy (non-hydrogen) atoms. The van der Waals surface area contributed by atoms with Crippen LogP contribution in [0.2, 0.25) is 0 Å². The van der Waals surface area contributed by atoms with E-state index in [1.165, 1.54) is 0 Å². The molecule has 2 heterocycles. The van der Waals surface area contributed by atoms with Crippen LogP contribution in [0.1, 0.15) is 24.0 Å². The Balaban J connectivity index is 1.55. The summed E-state index contributed by atoms with van der Waals surface area (Å²) in [6.45, 7) is 3.65. The van der Waals surface area contributed by atoms with E-state index in [9.17, 15) is 9.90 Å². The van der Waals surface area contributed by atoms with Gasteiger partial charge in [-0.3, -0.25) is 4.79 Å². The van der Waals surface area contributed by atoms with Crippen molar-refractivity contribution in [3.8, 4) is 0 Å². The summed E-state index contributed by atoms with van der Waals surface area (Å²) in [4.78, 5) is 19.3. The van der Waals surface area contributed by atoms with Gasteiger partial charge in [-0.1, -0.05) is 36.4 Å². The van der Waals surface area contributed by atoms with Gasteiger partial charge in [0.1, 0.15) is 6.54 Å². The zero-order valence-corrected chi connectivity index (χ0v) is 15.6. The molecule has 5 nitrogen and oxygen atoms in total. The van der Waals surface area contributed by atoms with Gasteiger partial charge in [-0.2, -0.15) is 0 Å². The van der Waals surface area contributed by atoms with Gasteiger partial charge >= 0.3 is 0 Å². The van der Waals surface area contributed by atoms with Crippen LogP contribution in [0.5, 0.6) is 0 Å². The fourth-order valence-corrected chi connectivity index (χ4v) is 4.13. The second kappa shape index (κ2) is 7.16. The van der Waals surface area contributed by atoms with Gasteiger partial charge in [-0.25, -0.2) is 4.98 Å². The summed E-state index contributed by atoms with van der Waals surface area (Å²) in [5.74, 6) is 0.0734. The maximum Gasteiger partial charge on any atom is 0.242 e. The number of piperidine rings is 1. The van der Waals surface area contributed by atoms with E-state index in [0.717, 1.165) is 41.5 Å². The lowest BCUT2D eigenvalue weighted by molar-refractivity contribution is -0.134. The van der Waals surface area contributed by atoms with Crippen LogP contribution in [0.4, 0.5) is 0 Å². The van der Waals surface area contributed by atoms with E-state index in [0.29, 0.717) is 6.54 Å². The summed E-state index contributed by atoms with van der Waals surface area (Å²) in [6.07, 6.45) is 3.53. The van der Waals surface area contributed by atoms with Crippen LogP contribution in [0, 0.1) is 6.92 Å². The molecule has 1 aliphatic rings. The van der Waals surface area contributed by atoms with Crippen molar-refractivity contribution in [3.05, 3.63) is 66.0 Å². The number of nitrogens with zero attached hydrogens (tertiary/aromatic N) is 3. The summed E-state index contributed by atoms with van der Waals surface area (Å²) in [5, 5.41) is 10.2. The minimum atomic E-state index is -0.372. The number of likely N-dealkylation sites (tertiary alicyclic amines) is 1. The Hall–Kier alpha value is -2.66. The Morgan fingerprint density at radius 1 is 1.22 bits per heavy atom. The van der Waals surface area contributed by atoms with Crippen LogP contribution in [0.15, 0.2) is 54.9 Å². The molecule has 1 fully saturated rings. The molecule has 0 radical (unpaired) electrons. The first-order valence-corrected chi connectivity index (χ1v) is 9.47. The SMILES string of the molecule is Cc1ccc2ncn(CC(=O)N3CCCC(CO)(c4ccccc4)C3)c2c1. The number of fused-ring (bicyclic) bond motifs is 1. The standard InChI is InChI=1S/C22H25N3O2/c1-17-8-9-19-20(12-17)25(16-23-19)13-21(27)24-11-5-10-22(14-24,15-26)18-6-3-2-4-7-18/h2-4,6-9,12,16,26H,5,10-11,13-15H2,1H3. The van der Waals surface area contributed by atoms with Gasteiger partial charge in [0.25, 0.3) is 0 Å². The van der Waals surface area contributed by atoms with E-state index in [1.54, 1.807) is 6.33 Å². The average Bonchev–Trinajstić information content (AvgIpc) is 3.10. The lowest BCUT2D eigenvalue weighted by atomic mass is 9.74. The lowest BCUT2D eigenvalue weighted by Gasteiger charge is -2.42. The van der Waals surface area contributed by atoms with Crippen LogP contribution in [-0.4, -0.2) is 45.2 Å². The third-order valence-electron chi connectivity index (χ3n) is 5.70. The van der Waals surface area contributed by atoms with Crippen LogP contribution >= 0.6 is 0 Å². The van der Waals surface area contributed by atoms with Crippen LogP contribution in [0.25, 0.3) is 11.0 Å². The first kappa shape index (κ1) is 17.7. The number of imidazole rings is 1. The number of aromatic nitrogens is 2. The molecule has 140 valence electrons. The molecule has 0 bridgehead atoms. The second-order valence-electron chi connectivity index (χ2n) is 7.59. The summed E-state index contributed by atoms with van der Waals surface area (Å²) in [6, 6.07) is 16.1. The highest BCUT2D eigenvalue weighted by atomic mass is 16.3. The van der Waals surface area contributed by atoms with Gasteiger partial charge in [0.2, 0.25) is 5.91 Å². The zero-order chi connectivity index (χ0) is 18.9. The molecule has 1 aliphatic heterocycles. The largest absolute Gasteiger partial charge is 0.395 e. The molecule has 1 unspecified atom stereocenters. The van der Waals surface area contributed by atoms with E-state index in [1.807, 2.05) is 46.7 Å². The molecule has 3 aromatic rings. The van der Waals surface area contributed by atoms with Crippen molar-refractivity contribution in [1.82, 2.24) is 14.5 Å². The van der Waals surface area contributed by atoms with Crippen molar-refractivity contribution in [3.63, 3.8) is 0 Å². The van der Waals surface area contributed by atoms with E-state index in [2.05, 4.69) is 23.2 Å². The molecule has 1 amide bonds. The highest BCUT2D eigenvalue weighted by molar-refractivity contribution is 5.81. The average molecular weight is 363 g/mol. The van der Waals surface area contributed by atoms with Gasteiger partial charge in [-0.05, 0) is 43.0 Å². The molecule has 0 saturated carbocycles. The van der Waals surface area contributed by atoms with Crippen molar-refractivity contribution in [2.24, 2.45) is 0 Å². The highest BCUT2D eigenvalue weighted by Gasteiger charge is 2.38. The van der Waals surface area contributed by atoms with Gasteiger partial charge < -0.3 is 14.6 Å². The number of aryl methyl sites for hydroxylation is 1. The maximum atomic E-state index is 13.0. The number of aliphatic hydroxyl groups is 1. The molecule has 4 rings (SSSR count). The van der Waals surface area contributed by atoms with E-state index in [4.69, 9.17) is 0 Å². The highest BCUT2D eigenvalue weighted by Crippen LogP contribution is 2.34. The lowest BCUT2D eigenvalue weighted by Crippen LogP contribution is -2.51. The van der Waals surface area contributed by atoms with Crippen LogP contribution in [0.3, 0.4) is 0 Å². The molecule has 1 atom stereocenters. The fourth-order valence-electron chi connectivity index (χ4n) is 4.13. The zero-order valence-electron chi connectivity index (χ0n) is 15.6. The number of carbonyl (C=O) groups is 1. The fraction of sp³-hybridized carbons (Fsp3) is 0.364. The van der Waals surface area contributed by atoms with E-state index >= 15 is 0 Å². The Kier molecular flexibility index (Phi) is 4.70. The number of hydrogen-bond donors (Lipinski definition) is 1.